The number of allylic oxidation sites excluding steroid dienone is 1. The summed E-state index contributed by atoms with van der Waals surface area (Å²) >= 11 is 0. The highest BCUT2D eigenvalue weighted by Crippen LogP contribution is 2.28. The molecule has 7 nitrogen and oxygen atoms in total. The van der Waals surface area contributed by atoms with E-state index in [0.29, 0.717) is 49.9 Å². The molecule has 0 radical (unpaired) electrons. The molecular weight excluding hydrogens is 375 g/mol. The van der Waals surface area contributed by atoms with Crippen LogP contribution in [-0.4, -0.2) is 61.2 Å². The topological polar surface area (TPSA) is 76.6 Å². The van der Waals surface area contributed by atoms with Crippen molar-refractivity contribution in [1.82, 2.24) is 14.9 Å². The lowest BCUT2D eigenvalue weighted by Gasteiger charge is -2.27. The third-order valence-corrected chi connectivity index (χ3v) is 5.15. The number of nitrogens with one attached hydrogen (secondary N) is 1. The monoisotopic (exact) mass is 398 g/mol. The summed E-state index contributed by atoms with van der Waals surface area (Å²) < 4.78 is 25.6. The minimum Gasteiger partial charge on any atom is -0.496 e. The molecule has 2 heterocycles. The van der Waals surface area contributed by atoms with Crippen molar-refractivity contribution in [1.29, 1.82) is 0 Å². The lowest BCUT2D eigenvalue weighted by molar-refractivity contribution is 0.0299. The predicted octanol–water partition coefficient (Wildman–Crippen LogP) is 2.30. The summed E-state index contributed by atoms with van der Waals surface area (Å²) in [6.07, 6.45) is 5.08. The zero-order valence-electron chi connectivity index (χ0n) is 16.5. The first-order valence-corrected chi connectivity index (χ1v) is 9.58. The highest BCUT2D eigenvalue weighted by atomic mass is 19.1. The average molecular weight is 398 g/mol. The predicted molar refractivity (Wildman–Crippen MR) is 107 cm³/mol. The van der Waals surface area contributed by atoms with E-state index in [1.165, 1.54) is 19.2 Å². The molecule has 152 valence electrons. The molecule has 0 bridgehead atoms. The van der Waals surface area contributed by atoms with Gasteiger partial charge in [-0.2, -0.15) is 0 Å². The van der Waals surface area contributed by atoms with Gasteiger partial charge in [-0.1, -0.05) is 12.2 Å². The molecule has 1 amide bonds. The quantitative estimate of drug-likeness (QED) is 0.833. The van der Waals surface area contributed by atoms with Crippen LogP contribution in [0.3, 0.4) is 0 Å². The van der Waals surface area contributed by atoms with Gasteiger partial charge in [-0.3, -0.25) is 4.79 Å². The summed E-state index contributed by atoms with van der Waals surface area (Å²) in [4.78, 5) is 23.5. The highest BCUT2D eigenvalue weighted by Gasteiger charge is 2.24. The van der Waals surface area contributed by atoms with Gasteiger partial charge in [0.25, 0.3) is 5.91 Å². The van der Waals surface area contributed by atoms with Gasteiger partial charge in [-0.05, 0) is 12.1 Å². The van der Waals surface area contributed by atoms with E-state index in [0.717, 1.165) is 23.5 Å². The average Bonchev–Trinajstić information content (AvgIpc) is 3.22. The molecule has 1 aromatic carbocycles. The van der Waals surface area contributed by atoms with Crippen LogP contribution in [0.1, 0.15) is 33.0 Å². The van der Waals surface area contributed by atoms with E-state index < -0.39 is 5.82 Å². The van der Waals surface area contributed by atoms with Crippen molar-refractivity contribution in [2.45, 2.75) is 12.8 Å². The second kappa shape index (κ2) is 8.16. The van der Waals surface area contributed by atoms with Crippen molar-refractivity contribution in [3.8, 4) is 5.75 Å². The Labute approximate surface area is 168 Å². The largest absolute Gasteiger partial charge is 0.496 e. The van der Waals surface area contributed by atoms with Crippen molar-refractivity contribution in [3.63, 3.8) is 0 Å². The van der Waals surface area contributed by atoms with Gasteiger partial charge in [0.1, 0.15) is 23.2 Å². The van der Waals surface area contributed by atoms with E-state index in [-0.39, 0.29) is 11.5 Å². The molecule has 0 spiro atoms. The summed E-state index contributed by atoms with van der Waals surface area (Å²) in [5.74, 6) is 0.831. The number of ether oxygens (including phenoxy) is 2. The fraction of sp³-hybridized carbons (Fsp3) is 0.381. The van der Waals surface area contributed by atoms with E-state index in [1.54, 1.807) is 4.90 Å². The molecule has 0 unspecified atom stereocenters. The molecule has 8 heteroatoms. The molecule has 1 N–H and O–H groups in total. The molecule has 1 aliphatic heterocycles. The SMILES string of the molecule is CNc1nc(Cc2cc(F)c(C(=O)N3CCOCC3)cc2OC)nc2c1C=CC2. The van der Waals surface area contributed by atoms with E-state index in [1.807, 2.05) is 19.2 Å². The number of hydrogen-bond acceptors (Lipinski definition) is 6. The summed E-state index contributed by atoms with van der Waals surface area (Å²) in [5, 5.41) is 3.09. The lowest BCUT2D eigenvalue weighted by Crippen LogP contribution is -2.41. The van der Waals surface area contributed by atoms with Crippen LogP contribution in [0, 0.1) is 5.82 Å². The van der Waals surface area contributed by atoms with Gasteiger partial charge in [-0.25, -0.2) is 14.4 Å². The number of anilines is 1. The molecule has 1 aromatic heterocycles. The summed E-state index contributed by atoms with van der Waals surface area (Å²) in [6, 6.07) is 2.82. The third-order valence-electron chi connectivity index (χ3n) is 5.15. The van der Waals surface area contributed by atoms with E-state index in [9.17, 15) is 9.18 Å². The van der Waals surface area contributed by atoms with Crippen LogP contribution in [0.4, 0.5) is 10.2 Å². The van der Waals surface area contributed by atoms with Gasteiger partial charge in [0.05, 0.1) is 31.6 Å². The zero-order valence-corrected chi connectivity index (χ0v) is 16.5. The summed E-state index contributed by atoms with van der Waals surface area (Å²) in [6.45, 7) is 1.82. The first-order chi connectivity index (χ1) is 14.1. The Morgan fingerprint density at radius 2 is 2.10 bits per heavy atom. The maximum atomic E-state index is 14.8. The highest BCUT2D eigenvalue weighted by molar-refractivity contribution is 5.95. The number of methoxy groups -OCH3 is 1. The second-order valence-corrected chi connectivity index (χ2v) is 6.93. The normalized spacial score (nSPS) is 15.3. The van der Waals surface area contributed by atoms with Gasteiger partial charge in [0, 0.05) is 44.1 Å². The maximum Gasteiger partial charge on any atom is 0.257 e. The van der Waals surface area contributed by atoms with Crippen molar-refractivity contribution in [2.24, 2.45) is 0 Å². The van der Waals surface area contributed by atoms with Gasteiger partial charge >= 0.3 is 0 Å². The molecule has 2 aromatic rings. The number of carbonyl (C=O) groups excluding carboxylic acids is 1. The number of nitrogens with zero attached hydrogens (tertiary/aromatic N) is 3. The fourth-order valence-corrected chi connectivity index (χ4v) is 3.65. The van der Waals surface area contributed by atoms with Crippen molar-refractivity contribution < 1.29 is 18.7 Å². The number of aromatic nitrogens is 2. The summed E-state index contributed by atoms with van der Waals surface area (Å²) in [7, 11) is 3.32. The minimum absolute atomic E-state index is 0.00230. The van der Waals surface area contributed by atoms with E-state index >= 15 is 0 Å². The van der Waals surface area contributed by atoms with E-state index in [4.69, 9.17) is 9.47 Å². The Morgan fingerprint density at radius 3 is 2.83 bits per heavy atom. The fourth-order valence-electron chi connectivity index (χ4n) is 3.65. The number of amides is 1. The maximum absolute atomic E-state index is 14.8. The first-order valence-electron chi connectivity index (χ1n) is 9.58. The lowest BCUT2D eigenvalue weighted by atomic mass is 10.0. The Bertz CT molecular complexity index is 971. The first kappa shape index (κ1) is 19.3. The number of rotatable bonds is 5. The number of carbonyl (C=O) groups is 1. The molecular formula is C21H23FN4O3. The van der Waals surface area contributed by atoms with Gasteiger partial charge in [0.15, 0.2) is 0 Å². The molecule has 0 saturated carbocycles. The second-order valence-electron chi connectivity index (χ2n) is 6.93. The Kier molecular flexibility index (Phi) is 5.44. The van der Waals surface area contributed by atoms with Crippen LogP contribution >= 0.6 is 0 Å². The van der Waals surface area contributed by atoms with E-state index in [2.05, 4.69) is 15.3 Å². The summed E-state index contributed by atoms with van der Waals surface area (Å²) in [5.41, 5.74) is 2.53. The van der Waals surface area contributed by atoms with Crippen LogP contribution in [0.25, 0.3) is 6.08 Å². The van der Waals surface area contributed by atoms with Crippen LogP contribution in [0.5, 0.6) is 5.75 Å². The third kappa shape index (κ3) is 3.80. The Morgan fingerprint density at radius 1 is 1.31 bits per heavy atom. The van der Waals surface area contributed by atoms with Gasteiger partial charge in [0.2, 0.25) is 0 Å². The smallest absolute Gasteiger partial charge is 0.257 e. The number of hydrogen-bond donors (Lipinski definition) is 1. The van der Waals surface area contributed by atoms with Gasteiger partial charge in [-0.15, -0.1) is 0 Å². The Hall–Kier alpha value is -3.00. The van der Waals surface area contributed by atoms with Crippen LogP contribution in [-0.2, 0) is 17.6 Å². The molecule has 29 heavy (non-hydrogen) atoms. The van der Waals surface area contributed by atoms with Crippen molar-refractivity contribution in [2.75, 3.05) is 45.8 Å². The van der Waals surface area contributed by atoms with Gasteiger partial charge < -0.3 is 19.7 Å². The van der Waals surface area contributed by atoms with Crippen molar-refractivity contribution >= 4 is 17.8 Å². The Balaban J connectivity index is 1.63. The number of morpholine rings is 1. The number of fused-ring (bicyclic) bond motifs is 1. The van der Waals surface area contributed by atoms with Crippen LogP contribution in [0.15, 0.2) is 18.2 Å². The molecule has 1 saturated heterocycles. The zero-order chi connectivity index (χ0) is 20.4. The minimum atomic E-state index is -0.575. The molecule has 1 aliphatic carbocycles. The molecule has 1 fully saturated rings. The standard InChI is InChI=1S/C21H23FN4O3/c1-23-20-14-4-3-5-17(14)24-19(25-20)11-13-10-16(22)15(12-18(13)28-2)21(27)26-6-8-29-9-7-26/h3-4,10,12H,5-9,11H2,1-2H3,(H,23,24,25). The van der Waals surface area contributed by atoms with Crippen LogP contribution in [0.2, 0.25) is 0 Å². The molecule has 4 rings (SSSR count). The molecule has 2 aliphatic rings. The number of halogens is 1. The number of benzene rings is 1. The van der Waals surface area contributed by atoms with Crippen molar-refractivity contribution in [3.05, 3.63) is 52.2 Å². The molecule has 0 atom stereocenters. The van der Waals surface area contributed by atoms with Crippen LogP contribution < -0.4 is 10.1 Å².